The lowest BCUT2D eigenvalue weighted by Gasteiger charge is -2.34. The van der Waals surface area contributed by atoms with E-state index in [2.05, 4.69) is 63.4 Å². The summed E-state index contributed by atoms with van der Waals surface area (Å²) < 4.78 is 7.26. The topological polar surface area (TPSA) is 100 Å². The second kappa shape index (κ2) is 12.2. The number of aryl methyl sites for hydroxylation is 1. The number of ether oxygens (including phenoxy) is 1. The summed E-state index contributed by atoms with van der Waals surface area (Å²) in [5.41, 5.74) is 5.79. The first-order chi connectivity index (χ1) is 20.6. The summed E-state index contributed by atoms with van der Waals surface area (Å²) >= 11 is 0. The molecule has 0 aliphatic carbocycles. The third kappa shape index (κ3) is 6.12. The molecule has 3 aromatic carbocycles. The van der Waals surface area contributed by atoms with Crippen molar-refractivity contribution < 1.29 is 9.53 Å². The average molecular weight is 563 g/mol. The molecule has 10 heteroatoms. The number of carbonyl (C=O) groups is 1. The highest BCUT2D eigenvalue weighted by molar-refractivity contribution is 5.89. The average Bonchev–Trinajstić information content (AvgIpc) is 3.44. The summed E-state index contributed by atoms with van der Waals surface area (Å²) in [7, 11) is 1.62. The number of benzene rings is 3. The van der Waals surface area contributed by atoms with Crippen molar-refractivity contribution in [1.29, 1.82) is 0 Å². The van der Waals surface area contributed by atoms with Crippen molar-refractivity contribution in [1.82, 2.24) is 24.4 Å². The van der Waals surface area contributed by atoms with Crippen LogP contribution in [0.5, 0.6) is 5.75 Å². The van der Waals surface area contributed by atoms with E-state index >= 15 is 0 Å². The van der Waals surface area contributed by atoms with E-state index in [1.807, 2.05) is 53.7 Å². The molecule has 2 amide bonds. The molecule has 1 aliphatic rings. The van der Waals surface area contributed by atoms with E-state index in [9.17, 15) is 4.79 Å². The minimum absolute atomic E-state index is 0.127. The lowest BCUT2D eigenvalue weighted by atomic mass is 10.1. The second-order valence-electron chi connectivity index (χ2n) is 10.4. The fourth-order valence-corrected chi connectivity index (χ4v) is 4.97. The van der Waals surface area contributed by atoms with Crippen molar-refractivity contribution >= 4 is 34.6 Å². The largest absolute Gasteiger partial charge is 0.497 e. The van der Waals surface area contributed by atoms with Crippen molar-refractivity contribution in [2.24, 2.45) is 0 Å². The van der Waals surface area contributed by atoms with Crippen LogP contribution in [0.3, 0.4) is 0 Å². The Labute approximate surface area is 245 Å². The third-order valence-electron chi connectivity index (χ3n) is 7.42. The zero-order chi connectivity index (χ0) is 28.9. The van der Waals surface area contributed by atoms with E-state index in [0.29, 0.717) is 51.0 Å². The molecule has 0 atom stereocenters. The van der Waals surface area contributed by atoms with Crippen LogP contribution in [0.4, 0.5) is 22.2 Å². The molecule has 0 spiro atoms. The van der Waals surface area contributed by atoms with Crippen LogP contribution in [0.2, 0.25) is 0 Å². The lowest BCUT2D eigenvalue weighted by molar-refractivity contribution is 0.208. The third-order valence-corrected chi connectivity index (χ3v) is 7.42. The number of imidazole rings is 1. The number of hydrogen-bond acceptors (Lipinski definition) is 7. The van der Waals surface area contributed by atoms with Crippen molar-refractivity contribution in [3.05, 3.63) is 102 Å². The Balaban J connectivity index is 1.21. The molecule has 0 radical (unpaired) electrons. The molecule has 0 saturated carbocycles. The van der Waals surface area contributed by atoms with Gasteiger partial charge in [-0.3, -0.25) is 0 Å². The Bertz CT molecular complexity index is 1640. The predicted molar refractivity (Wildman–Crippen MR) is 165 cm³/mol. The molecule has 214 valence electrons. The van der Waals surface area contributed by atoms with Gasteiger partial charge in [0.2, 0.25) is 5.95 Å². The van der Waals surface area contributed by atoms with Crippen molar-refractivity contribution in [3.8, 4) is 5.75 Å². The van der Waals surface area contributed by atoms with Gasteiger partial charge in [0.1, 0.15) is 5.75 Å². The maximum atomic E-state index is 12.9. The van der Waals surface area contributed by atoms with Crippen LogP contribution in [0.15, 0.2) is 85.2 Å². The van der Waals surface area contributed by atoms with Gasteiger partial charge in [-0.1, -0.05) is 60.2 Å². The molecule has 2 aromatic heterocycles. The van der Waals surface area contributed by atoms with Gasteiger partial charge in [0.15, 0.2) is 17.0 Å². The highest BCUT2D eigenvalue weighted by atomic mass is 16.5. The van der Waals surface area contributed by atoms with Crippen LogP contribution < -0.4 is 20.3 Å². The maximum absolute atomic E-state index is 12.9. The highest BCUT2D eigenvalue weighted by Crippen LogP contribution is 2.25. The van der Waals surface area contributed by atoms with E-state index in [4.69, 9.17) is 19.7 Å². The van der Waals surface area contributed by atoms with Gasteiger partial charge in [-0.25, -0.2) is 9.78 Å². The van der Waals surface area contributed by atoms with Crippen molar-refractivity contribution in [2.75, 3.05) is 48.8 Å². The molecular formula is C32H34N8O2. The molecule has 6 rings (SSSR count). The van der Waals surface area contributed by atoms with Gasteiger partial charge >= 0.3 is 6.03 Å². The van der Waals surface area contributed by atoms with Crippen LogP contribution in [-0.4, -0.2) is 63.7 Å². The van der Waals surface area contributed by atoms with Crippen LogP contribution in [-0.2, 0) is 13.1 Å². The van der Waals surface area contributed by atoms with E-state index in [-0.39, 0.29) is 6.03 Å². The van der Waals surface area contributed by atoms with Crippen LogP contribution in [0.25, 0.3) is 11.2 Å². The van der Waals surface area contributed by atoms with Gasteiger partial charge in [-0.05, 0) is 42.3 Å². The summed E-state index contributed by atoms with van der Waals surface area (Å²) in [6.45, 7) is 5.70. The first-order valence-electron chi connectivity index (χ1n) is 14.1. The summed E-state index contributed by atoms with van der Waals surface area (Å²) in [6, 6.07) is 25.9. The molecule has 10 nitrogen and oxygen atoms in total. The molecule has 1 saturated heterocycles. The smallest absolute Gasteiger partial charge is 0.321 e. The lowest BCUT2D eigenvalue weighted by Crippen LogP contribution is -2.50. The minimum atomic E-state index is -0.127. The van der Waals surface area contributed by atoms with Crippen LogP contribution in [0.1, 0.15) is 16.7 Å². The van der Waals surface area contributed by atoms with Gasteiger partial charge in [0.05, 0.1) is 20.0 Å². The van der Waals surface area contributed by atoms with Gasteiger partial charge in [-0.15, -0.1) is 0 Å². The summed E-state index contributed by atoms with van der Waals surface area (Å²) in [4.78, 5) is 31.5. The monoisotopic (exact) mass is 562 g/mol. The van der Waals surface area contributed by atoms with Gasteiger partial charge < -0.3 is 29.7 Å². The normalized spacial score (nSPS) is 13.3. The Morgan fingerprint density at radius 2 is 1.62 bits per heavy atom. The Morgan fingerprint density at radius 3 is 2.33 bits per heavy atom. The van der Waals surface area contributed by atoms with E-state index < -0.39 is 0 Å². The summed E-state index contributed by atoms with van der Waals surface area (Å²) in [5, 5.41) is 6.48. The summed E-state index contributed by atoms with van der Waals surface area (Å²) in [6.07, 6.45) is 1.83. The number of hydrogen-bond donors (Lipinski definition) is 2. The molecule has 3 heterocycles. The molecule has 1 aliphatic heterocycles. The van der Waals surface area contributed by atoms with Gasteiger partial charge in [0, 0.05) is 38.4 Å². The number of aromatic nitrogens is 4. The fourth-order valence-electron chi connectivity index (χ4n) is 4.97. The van der Waals surface area contributed by atoms with Gasteiger partial charge in [-0.2, -0.15) is 9.97 Å². The zero-order valence-corrected chi connectivity index (χ0v) is 23.8. The molecule has 2 N–H and O–H groups in total. The van der Waals surface area contributed by atoms with E-state index in [1.165, 1.54) is 11.1 Å². The molecule has 1 fully saturated rings. The van der Waals surface area contributed by atoms with Crippen molar-refractivity contribution in [3.63, 3.8) is 0 Å². The standard InChI is InChI=1S/C32H34N8O2/c1-23-8-10-24(11-9-23)20-33-29-28-30(40(22-34-28)21-25-6-4-3-5-7-25)37-31(36-29)38-16-18-39(19-17-38)32(41)35-26-12-14-27(42-2)15-13-26/h3-15,22H,16-21H2,1-2H3,(H,35,41)(H,33,36,37). The van der Waals surface area contributed by atoms with Crippen LogP contribution in [0, 0.1) is 6.92 Å². The number of piperazine rings is 1. The highest BCUT2D eigenvalue weighted by Gasteiger charge is 2.24. The quantitative estimate of drug-likeness (QED) is 0.270. The summed E-state index contributed by atoms with van der Waals surface area (Å²) in [5.74, 6) is 2.07. The maximum Gasteiger partial charge on any atom is 0.321 e. The number of rotatable bonds is 8. The number of anilines is 3. The fraction of sp³-hybridized carbons (Fsp3) is 0.250. The number of amides is 2. The molecular weight excluding hydrogens is 528 g/mol. The Kier molecular flexibility index (Phi) is 7.85. The van der Waals surface area contributed by atoms with E-state index in [1.54, 1.807) is 7.11 Å². The minimum Gasteiger partial charge on any atom is -0.497 e. The number of fused-ring (bicyclic) bond motifs is 1. The first kappa shape index (κ1) is 27.1. The number of nitrogens with one attached hydrogen (secondary N) is 2. The second-order valence-corrected chi connectivity index (χ2v) is 10.4. The number of carbonyl (C=O) groups excluding carboxylic acids is 1. The van der Waals surface area contributed by atoms with Crippen LogP contribution >= 0.6 is 0 Å². The van der Waals surface area contributed by atoms with Crippen molar-refractivity contribution in [2.45, 2.75) is 20.0 Å². The molecule has 0 unspecified atom stereocenters. The number of nitrogens with zero attached hydrogens (tertiary/aromatic N) is 6. The zero-order valence-electron chi connectivity index (χ0n) is 23.8. The molecule has 42 heavy (non-hydrogen) atoms. The van der Waals surface area contributed by atoms with Gasteiger partial charge in [0.25, 0.3) is 0 Å². The predicted octanol–water partition coefficient (Wildman–Crippen LogP) is 5.16. The number of methoxy groups -OCH3 is 1. The Hall–Kier alpha value is -5.12. The SMILES string of the molecule is COc1ccc(NC(=O)N2CCN(c3nc(NCc4ccc(C)cc4)c4ncn(Cc5ccccc5)c4n3)CC2)cc1. The molecule has 5 aromatic rings. The van der Waals surface area contributed by atoms with E-state index in [0.717, 1.165) is 28.2 Å². The first-order valence-corrected chi connectivity index (χ1v) is 14.1. The molecule has 0 bridgehead atoms. The Morgan fingerprint density at radius 1 is 0.881 bits per heavy atom. The number of urea groups is 1.